The number of sulfone groups is 1. The summed E-state index contributed by atoms with van der Waals surface area (Å²) in [6.07, 6.45) is 1.73. The second kappa shape index (κ2) is 6.92. The summed E-state index contributed by atoms with van der Waals surface area (Å²) in [7, 11) is -4.65. The largest absolute Gasteiger partial charge is 0.341 e. The van der Waals surface area contributed by atoms with Crippen LogP contribution in [0.4, 0.5) is 8.78 Å². The number of nitrogens with zero attached hydrogens (tertiary/aromatic N) is 1. The number of alkyl halides is 2. The predicted octanol–water partition coefficient (Wildman–Crippen LogP) is 3.66. The van der Waals surface area contributed by atoms with Crippen LogP contribution in [0.3, 0.4) is 0 Å². The SMILES string of the molecule is O=C(c1ccc(S(=O)(=O)C(F)F)cc1)N1CCC[C@@H]1c1ccccc1. The summed E-state index contributed by atoms with van der Waals surface area (Å²) in [4.78, 5) is 14.0. The summed E-state index contributed by atoms with van der Waals surface area (Å²) in [5.41, 5.74) is 1.33. The van der Waals surface area contributed by atoms with Crippen molar-refractivity contribution in [3.63, 3.8) is 0 Å². The molecule has 1 saturated heterocycles. The van der Waals surface area contributed by atoms with Crippen molar-refractivity contribution in [2.75, 3.05) is 6.54 Å². The number of rotatable bonds is 4. The second-order valence-corrected chi connectivity index (χ2v) is 7.82. The fourth-order valence-corrected chi connectivity index (χ4v) is 3.81. The molecule has 132 valence electrons. The van der Waals surface area contributed by atoms with Gasteiger partial charge in [0, 0.05) is 12.1 Å². The molecule has 1 atom stereocenters. The van der Waals surface area contributed by atoms with E-state index in [1.165, 1.54) is 12.1 Å². The highest BCUT2D eigenvalue weighted by molar-refractivity contribution is 7.91. The first-order valence-electron chi connectivity index (χ1n) is 7.89. The molecule has 0 aromatic heterocycles. The van der Waals surface area contributed by atoms with E-state index in [4.69, 9.17) is 0 Å². The van der Waals surface area contributed by atoms with Crippen LogP contribution >= 0.6 is 0 Å². The van der Waals surface area contributed by atoms with Gasteiger partial charge in [0.15, 0.2) is 0 Å². The number of hydrogen-bond donors (Lipinski definition) is 0. The lowest BCUT2D eigenvalue weighted by Crippen LogP contribution is -2.30. The van der Waals surface area contributed by atoms with Gasteiger partial charge in [-0.15, -0.1) is 0 Å². The van der Waals surface area contributed by atoms with E-state index in [9.17, 15) is 22.0 Å². The normalized spacial score (nSPS) is 17.9. The van der Waals surface area contributed by atoms with Crippen molar-refractivity contribution < 1.29 is 22.0 Å². The molecule has 4 nitrogen and oxygen atoms in total. The first-order valence-corrected chi connectivity index (χ1v) is 9.44. The number of halogens is 2. The Morgan fingerprint density at radius 1 is 1.04 bits per heavy atom. The van der Waals surface area contributed by atoms with Crippen molar-refractivity contribution in [1.82, 2.24) is 4.90 Å². The van der Waals surface area contributed by atoms with Crippen LogP contribution in [0.1, 0.15) is 34.8 Å². The summed E-state index contributed by atoms with van der Waals surface area (Å²) < 4.78 is 48.1. The van der Waals surface area contributed by atoms with E-state index in [-0.39, 0.29) is 17.5 Å². The van der Waals surface area contributed by atoms with E-state index < -0.39 is 20.5 Å². The molecule has 7 heteroatoms. The molecule has 1 aliphatic rings. The minimum absolute atomic E-state index is 0.0295. The number of benzene rings is 2. The number of amides is 1. The van der Waals surface area contributed by atoms with E-state index in [0.717, 1.165) is 30.5 Å². The molecule has 0 radical (unpaired) electrons. The quantitative estimate of drug-likeness (QED) is 0.831. The molecular weight excluding hydrogens is 348 g/mol. The van der Waals surface area contributed by atoms with Gasteiger partial charge in [-0.3, -0.25) is 4.79 Å². The molecule has 1 heterocycles. The van der Waals surface area contributed by atoms with Crippen molar-refractivity contribution in [2.45, 2.75) is 29.5 Å². The highest BCUT2D eigenvalue weighted by Crippen LogP contribution is 2.33. The van der Waals surface area contributed by atoms with Gasteiger partial charge in [0.2, 0.25) is 9.84 Å². The van der Waals surface area contributed by atoms with Gasteiger partial charge < -0.3 is 4.90 Å². The highest BCUT2D eigenvalue weighted by Gasteiger charge is 2.31. The summed E-state index contributed by atoms with van der Waals surface area (Å²) in [5.74, 6) is -3.71. The standard InChI is InChI=1S/C18H17F2NO3S/c19-18(20)25(23,24)15-10-8-14(9-11-15)17(22)21-12-4-7-16(21)13-5-2-1-3-6-13/h1-3,5-6,8-11,16,18H,4,7,12H2/t16-/m1/s1. The maximum absolute atomic E-state index is 12.8. The van der Waals surface area contributed by atoms with Crippen LogP contribution in [0.5, 0.6) is 0 Å². The Morgan fingerprint density at radius 2 is 1.68 bits per heavy atom. The summed E-state index contributed by atoms with van der Waals surface area (Å²) in [6.45, 7) is 0.607. The van der Waals surface area contributed by atoms with Crippen LogP contribution in [-0.2, 0) is 9.84 Å². The van der Waals surface area contributed by atoms with Crippen LogP contribution in [0.15, 0.2) is 59.5 Å². The van der Waals surface area contributed by atoms with E-state index in [2.05, 4.69) is 0 Å². The predicted molar refractivity (Wildman–Crippen MR) is 89.1 cm³/mol. The maximum Gasteiger partial charge on any atom is 0.341 e. The Kier molecular flexibility index (Phi) is 4.85. The summed E-state index contributed by atoms with van der Waals surface area (Å²) in [5, 5.41) is 0. The third kappa shape index (κ3) is 3.42. The van der Waals surface area contributed by atoms with E-state index >= 15 is 0 Å². The summed E-state index contributed by atoms with van der Waals surface area (Å²) in [6, 6.07) is 14.3. The van der Waals surface area contributed by atoms with Gasteiger partial charge >= 0.3 is 5.76 Å². The lowest BCUT2D eigenvalue weighted by molar-refractivity contribution is 0.0735. The minimum Gasteiger partial charge on any atom is -0.332 e. The van der Waals surface area contributed by atoms with Gasteiger partial charge in [0.1, 0.15) is 0 Å². The van der Waals surface area contributed by atoms with Crippen molar-refractivity contribution in [3.05, 3.63) is 65.7 Å². The molecule has 0 unspecified atom stereocenters. The van der Waals surface area contributed by atoms with Crippen molar-refractivity contribution >= 4 is 15.7 Å². The molecule has 25 heavy (non-hydrogen) atoms. The molecular formula is C18H17F2NO3S. The van der Waals surface area contributed by atoms with Gasteiger partial charge in [-0.2, -0.15) is 8.78 Å². The third-order valence-corrected chi connectivity index (χ3v) is 5.76. The molecule has 0 saturated carbocycles. The molecule has 3 rings (SSSR count). The monoisotopic (exact) mass is 365 g/mol. The van der Waals surface area contributed by atoms with Crippen LogP contribution in [0, 0.1) is 0 Å². The molecule has 2 aromatic carbocycles. The van der Waals surface area contributed by atoms with Crippen LogP contribution < -0.4 is 0 Å². The Morgan fingerprint density at radius 3 is 2.28 bits per heavy atom. The lowest BCUT2D eigenvalue weighted by atomic mass is 10.0. The van der Waals surface area contributed by atoms with Crippen molar-refractivity contribution in [3.8, 4) is 0 Å². The number of hydrogen-bond acceptors (Lipinski definition) is 3. The molecule has 0 bridgehead atoms. The molecule has 1 amide bonds. The number of carbonyl (C=O) groups is 1. The van der Waals surface area contributed by atoms with Crippen LogP contribution in [0.2, 0.25) is 0 Å². The first-order chi connectivity index (χ1) is 11.9. The van der Waals surface area contributed by atoms with Gasteiger partial charge in [-0.25, -0.2) is 8.42 Å². The fourth-order valence-electron chi connectivity index (χ4n) is 3.09. The Labute approximate surface area is 145 Å². The highest BCUT2D eigenvalue weighted by atomic mass is 32.2. The van der Waals surface area contributed by atoms with E-state index in [0.29, 0.717) is 6.54 Å². The Hall–Kier alpha value is -2.28. The Balaban J connectivity index is 1.83. The average molecular weight is 365 g/mol. The third-order valence-electron chi connectivity index (χ3n) is 4.36. The zero-order chi connectivity index (χ0) is 18.0. The van der Waals surface area contributed by atoms with Gasteiger partial charge in [-0.05, 0) is 42.7 Å². The van der Waals surface area contributed by atoms with Crippen LogP contribution in [-0.4, -0.2) is 31.5 Å². The van der Waals surface area contributed by atoms with E-state index in [1.807, 2.05) is 30.3 Å². The first kappa shape index (κ1) is 17.5. The Bertz CT molecular complexity index is 852. The molecule has 1 aliphatic heterocycles. The molecule has 0 aliphatic carbocycles. The fraction of sp³-hybridized carbons (Fsp3) is 0.278. The average Bonchev–Trinajstić information content (AvgIpc) is 3.11. The number of carbonyl (C=O) groups excluding carboxylic acids is 1. The molecule has 0 spiro atoms. The molecule has 2 aromatic rings. The van der Waals surface area contributed by atoms with Crippen molar-refractivity contribution in [1.29, 1.82) is 0 Å². The van der Waals surface area contributed by atoms with Gasteiger partial charge in [0.05, 0.1) is 10.9 Å². The van der Waals surface area contributed by atoms with Crippen LogP contribution in [0.25, 0.3) is 0 Å². The maximum atomic E-state index is 12.8. The lowest BCUT2D eigenvalue weighted by Gasteiger charge is -2.25. The summed E-state index contributed by atoms with van der Waals surface area (Å²) >= 11 is 0. The number of likely N-dealkylation sites (tertiary alicyclic amines) is 1. The van der Waals surface area contributed by atoms with E-state index in [1.54, 1.807) is 4.90 Å². The molecule has 0 N–H and O–H groups in total. The topological polar surface area (TPSA) is 54.5 Å². The van der Waals surface area contributed by atoms with Gasteiger partial charge in [-0.1, -0.05) is 30.3 Å². The second-order valence-electron chi connectivity index (χ2n) is 5.90. The van der Waals surface area contributed by atoms with Gasteiger partial charge in [0.25, 0.3) is 5.91 Å². The van der Waals surface area contributed by atoms with Crippen molar-refractivity contribution in [2.24, 2.45) is 0 Å². The minimum atomic E-state index is -4.65. The smallest absolute Gasteiger partial charge is 0.332 e. The molecule has 1 fully saturated rings. The zero-order valence-electron chi connectivity index (χ0n) is 13.3. The zero-order valence-corrected chi connectivity index (χ0v) is 14.1.